The molecule has 2 bridgehead atoms. The van der Waals surface area contributed by atoms with Crippen molar-refractivity contribution in [2.45, 2.75) is 37.4 Å². The summed E-state index contributed by atoms with van der Waals surface area (Å²) in [5.74, 6) is -5.51. The Kier molecular flexibility index (Phi) is 8.07. The fourth-order valence-corrected chi connectivity index (χ4v) is 3.41. The summed E-state index contributed by atoms with van der Waals surface area (Å²) in [5.41, 5.74) is 1.45. The van der Waals surface area contributed by atoms with Crippen LogP contribution in [-0.2, 0) is 16.1 Å². The second kappa shape index (κ2) is 10.2. The van der Waals surface area contributed by atoms with Gasteiger partial charge in [0.25, 0.3) is 0 Å². The van der Waals surface area contributed by atoms with Gasteiger partial charge in [-0.15, -0.1) is 0 Å². The lowest BCUT2D eigenvalue weighted by Gasteiger charge is -2.27. The summed E-state index contributed by atoms with van der Waals surface area (Å²) < 4.78 is 63.5. The predicted octanol–water partition coefficient (Wildman–Crippen LogP) is 3.65. The van der Waals surface area contributed by atoms with E-state index >= 15 is 0 Å². The van der Waals surface area contributed by atoms with Crippen LogP contribution < -0.4 is 5.32 Å². The number of benzene rings is 2. The van der Waals surface area contributed by atoms with E-state index in [1.165, 1.54) is 35.8 Å². The number of nitrogens with one attached hydrogen (secondary N) is 1. The van der Waals surface area contributed by atoms with Crippen molar-refractivity contribution < 1.29 is 46.1 Å². The van der Waals surface area contributed by atoms with E-state index < -0.39 is 24.3 Å². The zero-order chi connectivity index (χ0) is 24.1. The number of carboxylic acid groups (broad SMARTS) is 2. The number of hydrogen-bond acceptors (Lipinski definition) is 4. The van der Waals surface area contributed by atoms with Crippen molar-refractivity contribution in [3.8, 4) is 0 Å². The van der Waals surface area contributed by atoms with Crippen molar-refractivity contribution in [2.24, 2.45) is 0 Å². The molecule has 0 saturated carbocycles. The van der Waals surface area contributed by atoms with Gasteiger partial charge < -0.3 is 15.5 Å². The first kappa shape index (κ1) is 25.4. The van der Waals surface area contributed by atoms with Gasteiger partial charge in [0, 0.05) is 31.7 Å². The molecule has 2 saturated heterocycles. The Balaban J connectivity index is 0.000000218. The average Bonchev–Trinajstić information content (AvgIpc) is 3.30. The first-order valence-electron chi connectivity index (χ1n) is 9.32. The molecule has 2 aromatic rings. The second-order valence-electron chi connectivity index (χ2n) is 7.21. The molecule has 0 amide bonds. The lowest BCUT2D eigenvalue weighted by molar-refractivity contribution is -0.193. The number of likely N-dealkylation sites (tertiary alicyclic amines) is 1. The zero-order valence-corrected chi connectivity index (χ0v) is 16.5. The maximum Gasteiger partial charge on any atom is 0.490 e. The Hall–Kier alpha value is -2.86. The zero-order valence-electron chi connectivity index (χ0n) is 16.5. The van der Waals surface area contributed by atoms with Gasteiger partial charge >= 0.3 is 24.3 Å². The van der Waals surface area contributed by atoms with Crippen LogP contribution >= 0.6 is 0 Å². The molecule has 12 heteroatoms. The molecule has 2 aliphatic heterocycles. The summed E-state index contributed by atoms with van der Waals surface area (Å²) in [6, 6.07) is 17.0. The molecule has 3 N–H and O–H groups in total. The van der Waals surface area contributed by atoms with Crippen molar-refractivity contribution in [3.05, 3.63) is 48.0 Å². The third-order valence-electron chi connectivity index (χ3n) is 4.85. The van der Waals surface area contributed by atoms with Gasteiger partial charge in [-0.1, -0.05) is 36.4 Å². The van der Waals surface area contributed by atoms with Crippen molar-refractivity contribution in [3.63, 3.8) is 0 Å². The number of carboxylic acids is 2. The topological polar surface area (TPSA) is 89.9 Å². The summed E-state index contributed by atoms with van der Waals surface area (Å²) >= 11 is 0. The van der Waals surface area contributed by atoms with E-state index in [0.717, 1.165) is 18.6 Å². The first-order chi connectivity index (χ1) is 14.8. The number of hydrogen-bond donors (Lipinski definition) is 3. The third kappa shape index (κ3) is 7.38. The Morgan fingerprint density at radius 1 is 0.938 bits per heavy atom. The summed E-state index contributed by atoms with van der Waals surface area (Å²) in [4.78, 5) is 20.4. The van der Waals surface area contributed by atoms with Crippen LogP contribution in [-0.4, -0.2) is 64.6 Å². The molecule has 2 aromatic carbocycles. The number of rotatable bonds is 2. The molecule has 0 aliphatic carbocycles. The second-order valence-corrected chi connectivity index (χ2v) is 7.21. The molecule has 4 rings (SSSR count). The molecule has 0 spiro atoms. The summed E-state index contributed by atoms with van der Waals surface area (Å²) in [6.45, 7) is 3.50. The van der Waals surface area contributed by atoms with Crippen molar-refractivity contribution in [1.29, 1.82) is 0 Å². The Bertz CT molecular complexity index is 924. The minimum atomic E-state index is -5.08. The quantitative estimate of drug-likeness (QED) is 0.586. The maximum absolute atomic E-state index is 10.6. The molecule has 2 heterocycles. The maximum atomic E-state index is 10.6. The fraction of sp³-hybridized carbons (Fsp3) is 0.400. The van der Waals surface area contributed by atoms with Crippen LogP contribution in [0.5, 0.6) is 0 Å². The smallest absolute Gasteiger partial charge is 0.475 e. The molecule has 2 unspecified atom stereocenters. The van der Waals surface area contributed by atoms with Crippen LogP contribution in [0.2, 0.25) is 0 Å². The van der Waals surface area contributed by atoms with Crippen LogP contribution in [0.25, 0.3) is 10.8 Å². The number of fused-ring (bicyclic) bond motifs is 3. The Morgan fingerprint density at radius 3 is 1.91 bits per heavy atom. The van der Waals surface area contributed by atoms with Crippen molar-refractivity contribution in [2.75, 3.05) is 13.1 Å². The van der Waals surface area contributed by atoms with Crippen LogP contribution in [0.4, 0.5) is 26.3 Å². The number of piperazine rings is 1. The number of aliphatic carboxylic acids is 2. The number of alkyl halides is 6. The highest BCUT2D eigenvalue weighted by Crippen LogP contribution is 2.26. The van der Waals surface area contributed by atoms with Gasteiger partial charge in [-0.2, -0.15) is 26.3 Å². The standard InChI is InChI=1S/C16H18N2.2C2HF3O2/c1-2-4-14-7-12(5-6-13(14)3-1)10-18-11-15-8-16(18)9-17-15;2*3-2(4,5)1(6)7/h1-7,15-17H,8-11H2;2*(H,6,7). The first-order valence-corrected chi connectivity index (χ1v) is 9.32. The Morgan fingerprint density at radius 2 is 1.47 bits per heavy atom. The molecular formula is C20H20F6N2O4. The van der Waals surface area contributed by atoms with E-state index in [0.29, 0.717) is 0 Å². The van der Waals surface area contributed by atoms with Gasteiger partial charge in [0.1, 0.15) is 0 Å². The number of halogens is 6. The van der Waals surface area contributed by atoms with Gasteiger partial charge in [-0.25, -0.2) is 9.59 Å². The third-order valence-corrected chi connectivity index (χ3v) is 4.85. The van der Waals surface area contributed by atoms with Crippen LogP contribution in [0.3, 0.4) is 0 Å². The molecular weight excluding hydrogens is 446 g/mol. The molecule has 32 heavy (non-hydrogen) atoms. The highest BCUT2D eigenvalue weighted by atomic mass is 19.4. The monoisotopic (exact) mass is 466 g/mol. The van der Waals surface area contributed by atoms with E-state index in [4.69, 9.17) is 19.8 Å². The minimum absolute atomic E-state index is 0.746. The average molecular weight is 466 g/mol. The highest BCUT2D eigenvalue weighted by Gasteiger charge is 2.39. The molecule has 176 valence electrons. The van der Waals surface area contributed by atoms with Gasteiger partial charge in [-0.3, -0.25) is 4.90 Å². The predicted molar refractivity (Wildman–Crippen MR) is 102 cm³/mol. The summed E-state index contributed by atoms with van der Waals surface area (Å²) in [6.07, 6.45) is -8.83. The van der Waals surface area contributed by atoms with E-state index in [1.807, 2.05) is 0 Å². The normalized spacial score (nSPS) is 20.2. The van der Waals surface area contributed by atoms with E-state index in [1.54, 1.807) is 0 Å². The molecule has 2 atom stereocenters. The fourth-order valence-electron chi connectivity index (χ4n) is 3.41. The molecule has 0 aromatic heterocycles. The van der Waals surface area contributed by atoms with Gasteiger partial charge in [0.2, 0.25) is 0 Å². The number of carbonyl (C=O) groups is 2. The SMILES string of the molecule is O=C(O)C(F)(F)F.O=C(O)C(F)(F)F.c1ccc2cc(CN3CC4CC3CN4)ccc2c1. The lowest BCUT2D eigenvalue weighted by atomic mass is 10.1. The summed E-state index contributed by atoms with van der Waals surface area (Å²) in [7, 11) is 0. The Labute approximate surface area is 178 Å². The van der Waals surface area contributed by atoms with Gasteiger partial charge in [0.05, 0.1) is 0 Å². The molecule has 2 fully saturated rings. The lowest BCUT2D eigenvalue weighted by Crippen LogP contribution is -2.42. The molecule has 6 nitrogen and oxygen atoms in total. The number of nitrogens with zero attached hydrogens (tertiary/aromatic N) is 1. The molecule has 0 radical (unpaired) electrons. The van der Waals surface area contributed by atoms with Crippen molar-refractivity contribution in [1.82, 2.24) is 10.2 Å². The summed E-state index contributed by atoms with van der Waals surface area (Å²) in [5, 5.41) is 20.5. The van der Waals surface area contributed by atoms with Crippen LogP contribution in [0.15, 0.2) is 42.5 Å². The van der Waals surface area contributed by atoms with Crippen molar-refractivity contribution >= 4 is 22.7 Å². The highest BCUT2D eigenvalue weighted by molar-refractivity contribution is 5.83. The minimum Gasteiger partial charge on any atom is -0.475 e. The van der Waals surface area contributed by atoms with E-state index in [9.17, 15) is 26.3 Å². The van der Waals surface area contributed by atoms with E-state index in [-0.39, 0.29) is 0 Å². The van der Waals surface area contributed by atoms with E-state index in [2.05, 4.69) is 52.7 Å². The van der Waals surface area contributed by atoms with Crippen LogP contribution in [0.1, 0.15) is 12.0 Å². The van der Waals surface area contributed by atoms with Crippen LogP contribution in [0, 0.1) is 0 Å². The van der Waals surface area contributed by atoms with Gasteiger partial charge in [0.15, 0.2) is 0 Å². The molecule has 2 aliphatic rings. The largest absolute Gasteiger partial charge is 0.490 e. The van der Waals surface area contributed by atoms with Gasteiger partial charge in [-0.05, 0) is 28.8 Å².